The molecule has 28 heavy (non-hydrogen) atoms. The van der Waals surface area contributed by atoms with E-state index in [4.69, 9.17) is 14.2 Å². The number of halogens is 1. The van der Waals surface area contributed by atoms with E-state index in [2.05, 4.69) is 27.3 Å². The number of nitrogens with one attached hydrogen (secondary N) is 1. The highest BCUT2D eigenvalue weighted by Gasteiger charge is 2.42. The number of aliphatic imine (C=N–C) groups is 1. The third-order valence-electron chi connectivity index (χ3n) is 5.44. The first-order valence-corrected chi connectivity index (χ1v) is 10.1. The van der Waals surface area contributed by atoms with E-state index in [9.17, 15) is 0 Å². The first kappa shape index (κ1) is 23.1. The summed E-state index contributed by atoms with van der Waals surface area (Å²) in [5.41, 5.74) is 1.57. The van der Waals surface area contributed by atoms with Crippen LogP contribution in [-0.4, -0.2) is 64.0 Å². The molecule has 0 radical (unpaired) electrons. The van der Waals surface area contributed by atoms with Crippen LogP contribution < -0.4 is 14.8 Å². The molecule has 1 atom stereocenters. The van der Waals surface area contributed by atoms with E-state index in [1.54, 1.807) is 0 Å². The molecule has 1 aromatic rings. The Morgan fingerprint density at radius 3 is 2.68 bits per heavy atom. The van der Waals surface area contributed by atoms with Crippen molar-refractivity contribution in [2.24, 2.45) is 10.4 Å². The van der Waals surface area contributed by atoms with Crippen LogP contribution in [0.2, 0.25) is 0 Å². The molecule has 0 aliphatic carbocycles. The normalized spacial score (nSPS) is 21.7. The maximum Gasteiger partial charge on any atom is 0.193 e. The Morgan fingerprint density at radius 2 is 2.00 bits per heavy atom. The molecule has 1 spiro atoms. The molecule has 0 saturated carbocycles. The number of benzene rings is 1. The lowest BCUT2D eigenvalue weighted by Gasteiger charge is -2.25. The van der Waals surface area contributed by atoms with Crippen molar-refractivity contribution >= 4 is 29.9 Å². The zero-order valence-corrected chi connectivity index (χ0v) is 19.7. The molecule has 0 aromatic heterocycles. The van der Waals surface area contributed by atoms with Crippen LogP contribution in [0.15, 0.2) is 23.2 Å². The van der Waals surface area contributed by atoms with Crippen molar-refractivity contribution in [3.05, 3.63) is 23.8 Å². The van der Waals surface area contributed by atoms with Crippen molar-refractivity contribution in [1.82, 2.24) is 10.2 Å². The van der Waals surface area contributed by atoms with Crippen molar-refractivity contribution in [3.8, 4) is 11.5 Å². The lowest BCUT2D eigenvalue weighted by atomic mass is 9.87. The lowest BCUT2D eigenvalue weighted by Crippen LogP contribution is -2.42. The maximum absolute atomic E-state index is 5.72. The van der Waals surface area contributed by atoms with E-state index in [0.717, 1.165) is 56.7 Å². The van der Waals surface area contributed by atoms with Crippen LogP contribution in [-0.2, 0) is 11.2 Å². The second-order valence-electron chi connectivity index (χ2n) is 7.35. The van der Waals surface area contributed by atoms with Crippen LogP contribution in [0.25, 0.3) is 0 Å². The Balaban J connectivity index is 0.00000280. The van der Waals surface area contributed by atoms with Gasteiger partial charge in [0.15, 0.2) is 17.5 Å². The van der Waals surface area contributed by atoms with Crippen LogP contribution in [0.1, 0.15) is 32.3 Å². The summed E-state index contributed by atoms with van der Waals surface area (Å²) in [6.45, 7) is 9.99. The molecule has 7 heteroatoms. The Hall–Kier alpha value is -1.22. The highest BCUT2D eigenvalue weighted by Crippen LogP contribution is 2.38. The van der Waals surface area contributed by atoms with Crippen LogP contribution in [0.5, 0.6) is 11.5 Å². The average molecular weight is 503 g/mol. The van der Waals surface area contributed by atoms with Crippen LogP contribution in [0.3, 0.4) is 0 Å². The van der Waals surface area contributed by atoms with Crippen molar-refractivity contribution in [3.63, 3.8) is 0 Å². The van der Waals surface area contributed by atoms with Gasteiger partial charge in [0.1, 0.15) is 0 Å². The molecule has 6 nitrogen and oxygen atoms in total. The Kier molecular flexibility index (Phi) is 9.14. The molecule has 0 amide bonds. The van der Waals surface area contributed by atoms with E-state index in [1.165, 1.54) is 18.4 Å². The summed E-state index contributed by atoms with van der Waals surface area (Å²) in [4.78, 5) is 6.86. The van der Waals surface area contributed by atoms with E-state index < -0.39 is 0 Å². The Labute approximate surface area is 186 Å². The van der Waals surface area contributed by atoms with Gasteiger partial charge in [-0.15, -0.1) is 24.0 Å². The summed E-state index contributed by atoms with van der Waals surface area (Å²) in [5.74, 6) is 2.63. The van der Waals surface area contributed by atoms with Gasteiger partial charge in [-0.3, -0.25) is 4.99 Å². The standard InChI is InChI=1S/C21H33N3O3.HI/c1-4-26-18-7-6-17(14-19(18)27-5-2)8-11-23-20(22-3)24-12-9-21(15-24)10-13-25-16-21;/h6-7,14H,4-5,8-13,15-16H2,1-3H3,(H,22,23);1H. The summed E-state index contributed by atoms with van der Waals surface area (Å²) in [5, 5.41) is 3.52. The molecular formula is C21H34IN3O3. The minimum atomic E-state index is 0. The molecule has 2 saturated heterocycles. The predicted molar refractivity (Wildman–Crippen MR) is 123 cm³/mol. The number of hydrogen-bond acceptors (Lipinski definition) is 4. The van der Waals surface area contributed by atoms with Gasteiger partial charge >= 0.3 is 0 Å². The quantitative estimate of drug-likeness (QED) is 0.352. The van der Waals surface area contributed by atoms with Gasteiger partial charge in [-0.25, -0.2) is 0 Å². The fraction of sp³-hybridized carbons (Fsp3) is 0.667. The van der Waals surface area contributed by atoms with Crippen molar-refractivity contribution in [1.29, 1.82) is 0 Å². The molecule has 1 N–H and O–H groups in total. The van der Waals surface area contributed by atoms with E-state index in [0.29, 0.717) is 18.6 Å². The van der Waals surface area contributed by atoms with Gasteiger partial charge in [0.2, 0.25) is 0 Å². The third-order valence-corrected chi connectivity index (χ3v) is 5.44. The lowest BCUT2D eigenvalue weighted by molar-refractivity contribution is 0.156. The molecule has 1 unspecified atom stereocenters. The zero-order chi connectivity index (χ0) is 19.1. The second-order valence-corrected chi connectivity index (χ2v) is 7.35. The molecule has 2 fully saturated rings. The Bertz CT molecular complexity index is 648. The molecule has 3 rings (SSSR count). The highest BCUT2D eigenvalue weighted by molar-refractivity contribution is 14.0. The van der Waals surface area contributed by atoms with Crippen molar-refractivity contribution < 1.29 is 14.2 Å². The predicted octanol–water partition coefficient (Wildman–Crippen LogP) is 3.33. The largest absolute Gasteiger partial charge is 0.490 e. The number of guanidine groups is 1. The number of ether oxygens (including phenoxy) is 3. The van der Waals surface area contributed by atoms with Crippen molar-refractivity contribution in [2.45, 2.75) is 33.1 Å². The van der Waals surface area contributed by atoms with Crippen LogP contribution >= 0.6 is 24.0 Å². The van der Waals surface area contributed by atoms with E-state index in [1.807, 2.05) is 27.0 Å². The van der Waals surface area contributed by atoms with Gasteiger partial charge in [0.05, 0.1) is 19.8 Å². The number of rotatable bonds is 7. The fourth-order valence-corrected chi connectivity index (χ4v) is 3.99. The molecule has 2 heterocycles. The fourth-order valence-electron chi connectivity index (χ4n) is 3.99. The van der Waals surface area contributed by atoms with Gasteiger partial charge in [0, 0.05) is 38.7 Å². The first-order valence-electron chi connectivity index (χ1n) is 10.1. The number of nitrogens with zero attached hydrogens (tertiary/aromatic N) is 2. The summed E-state index contributed by atoms with van der Waals surface area (Å²) in [7, 11) is 1.86. The van der Waals surface area contributed by atoms with E-state index in [-0.39, 0.29) is 24.0 Å². The highest BCUT2D eigenvalue weighted by atomic mass is 127. The summed E-state index contributed by atoms with van der Waals surface area (Å²) >= 11 is 0. The van der Waals surface area contributed by atoms with Gasteiger partial charge in [-0.2, -0.15) is 0 Å². The molecular weight excluding hydrogens is 469 g/mol. The minimum absolute atomic E-state index is 0. The summed E-state index contributed by atoms with van der Waals surface area (Å²) < 4.78 is 17.0. The average Bonchev–Trinajstić information content (AvgIpc) is 3.31. The van der Waals surface area contributed by atoms with Crippen molar-refractivity contribution in [2.75, 3.05) is 53.1 Å². The monoisotopic (exact) mass is 503 g/mol. The van der Waals surface area contributed by atoms with Crippen LogP contribution in [0.4, 0.5) is 0 Å². The van der Waals surface area contributed by atoms with E-state index >= 15 is 0 Å². The molecule has 0 bridgehead atoms. The van der Waals surface area contributed by atoms with Crippen LogP contribution in [0, 0.1) is 5.41 Å². The summed E-state index contributed by atoms with van der Waals surface area (Å²) in [6, 6.07) is 6.20. The topological polar surface area (TPSA) is 55.3 Å². The zero-order valence-electron chi connectivity index (χ0n) is 17.3. The minimum Gasteiger partial charge on any atom is -0.490 e. The summed E-state index contributed by atoms with van der Waals surface area (Å²) in [6.07, 6.45) is 3.28. The van der Waals surface area contributed by atoms with Gasteiger partial charge < -0.3 is 24.4 Å². The molecule has 158 valence electrons. The molecule has 2 aliphatic heterocycles. The molecule has 2 aliphatic rings. The smallest absolute Gasteiger partial charge is 0.193 e. The SMILES string of the molecule is CCOc1ccc(CCNC(=NC)N2CCC3(CCOC3)C2)cc1OCC.I. The molecule has 1 aromatic carbocycles. The number of likely N-dealkylation sites (tertiary alicyclic amines) is 1. The maximum atomic E-state index is 5.72. The second kappa shape index (κ2) is 11.1. The number of hydrogen-bond donors (Lipinski definition) is 1. The van der Waals surface area contributed by atoms with Gasteiger partial charge in [-0.1, -0.05) is 6.07 Å². The third kappa shape index (κ3) is 5.65. The first-order chi connectivity index (χ1) is 13.2. The Morgan fingerprint density at radius 1 is 1.21 bits per heavy atom. The van der Waals surface area contributed by atoms with Gasteiger partial charge in [-0.05, 0) is 50.8 Å². The van der Waals surface area contributed by atoms with Gasteiger partial charge in [0.25, 0.3) is 0 Å².